The standard InChI is InChI=1S/C8H12N4OS/c1-13-5-4-11-8-10-3-2-6(12-8)7(9)14/h2-3H,4-5H2,1H3,(H2,9,14)(H,10,11,12). The van der Waals surface area contributed by atoms with Gasteiger partial charge in [-0.1, -0.05) is 12.2 Å². The number of nitrogens with zero attached hydrogens (tertiary/aromatic N) is 2. The first-order valence-corrected chi connectivity index (χ1v) is 4.50. The van der Waals surface area contributed by atoms with Gasteiger partial charge in [0.25, 0.3) is 0 Å². The van der Waals surface area contributed by atoms with Gasteiger partial charge in [0.05, 0.1) is 6.61 Å². The van der Waals surface area contributed by atoms with Gasteiger partial charge in [-0.05, 0) is 6.07 Å². The van der Waals surface area contributed by atoms with Crippen molar-refractivity contribution in [3.05, 3.63) is 18.0 Å². The molecule has 0 fully saturated rings. The van der Waals surface area contributed by atoms with Crippen molar-refractivity contribution in [2.45, 2.75) is 0 Å². The predicted molar refractivity (Wildman–Crippen MR) is 58.3 cm³/mol. The zero-order valence-corrected chi connectivity index (χ0v) is 8.67. The van der Waals surface area contributed by atoms with Gasteiger partial charge in [-0.15, -0.1) is 0 Å². The molecule has 1 aromatic heterocycles. The van der Waals surface area contributed by atoms with E-state index >= 15 is 0 Å². The van der Waals surface area contributed by atoms with Gasteiger partial charge in [0.15, 0.2) is 0 Å². The van der Waals surface area contributed by atoms with Crippen LogP contribution in [0.3, 0.4) is 0 Å². The number of thiocarbonyl (C=S) groups is 1. The third-order valence-corrected chi connectivity index (χ3v) is 1.71. The molecule has 0 spiro atoms. The topological polar surface area (TPSA) is 73.1 Å². The molecular formula is C8H12N4OS. The van der Waals surface area contributed by atoms with Crippen LogP contribution in [0, 0.1) is 0 Å². The quantitative estimate of drug-likeness (QED) is 0.535. The molecule has 5 nitrogen and oxygen atoms in total. The lowest BCUT2D eigenvalue weighted by molar-refractivity contribution is 0.210. The monoisotopic (exact) mass is 212 g/mol. The molecule has 3 N–H and O–H groups in total. The number of hydrogen-bond acceptors (Lipinski definition) is 5. The molecule has 1 rings (SSSR count). The van der Waals surface area contributed by atoms with Gasteiger partial charge < -0.3 is 15.8 Å². The van der Waals surface area contributed by atoms with Crippen LogP contribution in [0.5, 0.6) is 0 Å². The van der Waals surface area contributed by atoms with Crippen LogP contribution < -0.4 is 11.1 Å². The lowest BCUT2D eigenvalue weighted by atomic mass is 10.4. The number of hydrogen-bond donors (Lipinski definition) is 2. The Bertz CT molecular complexity index is 318. The molecule has 0 amide bonds. The number of ether oxygens (including phenoxy) is 1. The van der Waals surface area contributed by atoms with Crippen molar-refractivity contribution >= 4 is 23.2 Å². The Morgan fingerprint density at radius 1 is 1.71 bits per heavy atom. The zero-order valence-electron chi connectivity index (χ0n) is 7.86. The molecule has 0 aliphatic carbocycles. The van der Waals surface area contributed by atoms with Crippen molar-refractivity contribution in [3.63, 3.8) is 0 Å². The van der Waals surface area contributed by atoms with E-state index in [1.807, 2.05) is 0 Å². The molecule has 0 saturated heterocycles. The Labute approximate surface area is 87.7 Å². The fourth-order valence-electron chi connectivity index (χ4n) is 0.846. The molecule has 14 heavy (non-hydrogen) atoms. The molecule has 0 radical (unpaired) electrons. The minimum atomic E-state index is 0.266. The fourth-order valence-corrected chi connectivity index (χ4v) is 0.960. The summed E-state index contributed by atoms with van der Waals surface area (Å²) < 4.78 is 4.87. The summed E-state index contributed by atoms with van der Waals surface area (Å²) in [6.07, 6.45) is 1.61. The number of anilines is 1. The maximum absolute atomic E-state index is 5.43. The molecule has 0 atom stereocenters. The highest BCUT2D eigenvalue weighted by Gasteiger charge is 2.00. The summed E-state index contributed by atoms with van der Waals surface area (Å²) >= 11 is 4.79. The molecule has 0 aliphatic heterocycles. The van der Waals surface area contributed by atoms with Gasteiger partial charge >= 0.3 is 0 Å². The van der Waals surface area contributed by atoms with Gasteiger partial charge in [0.1, 0.15) is 10.7 Å². The highest BCUT2D eigenvalue weighted by molar-refractivity contribution is 7.80. The van der Waals surface area contributed by atoms with Crippen LogP contribution in [-0.4, -0.2) is 35.2 Å². The van der Waals surface area contributed by atoms with E-state index in [2.05, 4.69) is 15.3 Å². The molecule has 1 heterocycles. The Morgan fingerprint density at radius 3 is 3.14 bits per heavy atom. The van der Waals surface area contributed by atoms with Crippen molar-refractivity contribution in [3.8, 4) is 0 Å². The van der Waals surface area contributed by atoms with Crippen molar-refractivity contribution < 1.29 is 4.74 Å². The third kappa shape index (κ3) is 3.23. The Morgan fingerprint density at radius 2 is 2.50 bits per heavy atom. The molecular weight excluding hydrogens is 200 g/mol. The van der Waals surface area contributed by atoms with Crippen LogP contribution >= 0.6 is 12.2 Å². The Hall–Kier alpha value is -1.27. The van der Waals surface area contributed by atoms with Gasteiger partial charge in [0, 0.05) is 19.9 Å². The highest BCUT2D eigenvalue weighted by atomic mass is 32.1. The summed E-state index contributed by atoms with van der Waals surface area (Å²) in [5.41, 5.74) is 5.99. The molecule has 6 heteroatoms. The van der Waals surface area contributed by atoms with Crippen LogP contribution in [-0.2, 0) is 4.74 Å². The smallest absolute Gasteiger partial charge is 0.223 e. The second kappa shape index (κ2) is 5.46. The Balaban J connectivity index is 2.59. The average molecular weight is 212 g/mol. The van der Waals surface area contributed by atoms with Crippen molar-refractivity contribution in [2.24, 2.45) is 5.73 Å². The second-order valence-corrected chi connectivity index (χ2v) is 2.99. The van der Waals surface area contributed by atoms with E-state index in [0.29, 0.717) is 24.8 Å². The summed E-state index contributed by atoms with van der Waals surface area (Å²) in [7, 11) is 1.63. The summed E-state index contributed by atoms with van der Waals surface area (Å²) in [6.45, 7) is 1.25. The molecule has 0 unspecified atom stereocenters. The summed E-state index contributed by atoms with van der Waals surface area (Å²) in [6, 6.07) is 1.67. The van der Waals surface area contributed by atoms with Gasteiger partial charge in [0.2, 0.25) is 5.95 Å². The van der Waals surface area contributed by atoms with Crippen LogP contribution in [0.2, 0.25) is 0 Å². The summed E-state index contributed by atoms with van der Waals surface area (Å²) in [5, 5.41) is 2.98. The van der Waals surface area contributed by atoms with E-state index in [-0.39, 0.29) is 4.99 Å². The average Bonchev–Trinajstić information content (AvgIpc) is 2.19. The number of nitrogens with one attached hydrogen (secondary N) is 1. The Kier molecular flexibility index (Phi) is 4.21. The lowest BCUT2D eigenvalue weighted by Crippen LogP contribution is -2.15. The van der Waals surface area contributed by atoms with E-state index in [1.165, 1.54) is 0 Å². The minimum Gasteiger partial charge on any atom is -0.388 e. The van der Waals surface area contributed by atoms with Gasteiger partial charge in [-0.2, -0.15) is 0 Å². The number of nitrogens with two attached hydrogens (primary N) is 1. The maximum atomic E-state index is 5.43. The molecule has 0 aliphatic rings. The summed E-state index contributed by atoms with van der Waals surface area (Å²) in [4.78, 5) is 8.37. The first-order valence-electron chi connectivity index (χ1n) is 4.09. The molecule has 0 aromatic carbocycles. The zero-order chi connectivity index (χ0) is 10.4. The molecule has 76 valence electrons. The third-order valence-electron chi connectivity index (χ3n) is 1.50. The largest absolute Gasteiger partial charge is 0.388 e. The highest BCUT2D eigenvalue weighted by Crippen LogP contribution is 1.99. The van der Waals surface area contributed by atoms with Gasteiger partial charge in [-0.3, -0.25) is 0 Å². The van der Waals surface area contributed by atoms with Crippen LogP contribution in [0.15, 0.2) is 12.3 Å². The number of methoxy groups -OCH3 is 1. The molecule has 0 saturated carbocycles. The molecule has 1 aromatic rings. The normalized spacial score (nSPS) is 9.79. The molecule has 0 bridgehead atoms. The van der Waals surface area contributed by atoms with E-state index < -0.39 is 0 Å². The van der Waals surface area contributed by atoms with E-state index in [4.69, 9.17) is 22.7 Å². The van der Waals surface area contributed by atoms with Crippen molar-refractivity contribution in [2.75, 3.05) is 25.6 Å². The van der Waals surface area contributed by atoms with Gasteiger partial charge in [-0.25, -0.2) is 9.97 Å². The minimum absolute atomic E-state index is 0.266. The van der Waals surface area contributed by atoms with Crippen LogP contribution in [0.25, 0.3) is 0 Å². The predicted octanol–water partition coefficient (Wildman–Crippen LogP) is 0.169. The first-order chi connectivity index (χ1) is 6.74. The second-order valence-electron chi connectivity index (χ2n) is 2.55. The maximum Gasteiger partial charge on any atom is 0.223 e. The first kappa shape index (κ1) is 10.8. The van der Waals surface area contributed by atoms with E-state index in [0.717, 1.165) is 0 Å². The number of aromatic nitrogens is 2. The van der Waals surface area contributed by atoms with E-state index in [9.17, 15) is 0 Å². The van der Waals surface area contributed by atoms with Crippen molar-refractivity contribution in [1.82, 2.24) is 9.97 Å². The summed E-state index contributed by atoms with van der Waals surface area (Å²) in [5.74, 6) is 0.507. The van der Waals surface area contributed by atoms with E-state index in [1.54, 1.807) is 19.4 Å². The SMILES string of the molecule is COCCNc1nccc(C(N)=S)n1. The fraction of sp³-hybridized carbons (Fsp3) is 0.375. The van der Waals surface area contributed by atoms with Crippen LogP contribution in [0.4, 0.5) is 5.95 Å². The lowest BCUT2D eigenvalue weighted by Gasteiger charge is -2.04. The van der Waals surface area contributed by atoms with Crippen LogP contribution in [0.1, 0.15) is 5.69 Å². The number of rotatable bonds is 5. The van der Waals surface area contributed by atoms with Crippen molar-refractivity contribution in [1.29, 1.82) is 0 Å².